The van der Waals surface area contributed by atoms with Gasteiger partial charge in [-0.2, -0.15) is 5.10 Å². The van der Waals surface area contributed by atoms with Gasteiger partial charge in [0, 0.05) is 16.9 Å². The smallest absolute Gasteiger partial charge is 0.250 e. The maximum Gasteiger partial charge on any atom is 0.250 e. The Morgan fingerprint density at radius 1 is 0.880 bits per heavy atom. The maximum absolute atomic E-state index is 13.2. The zero-order chi connectivity index (χ0) is 37.5. The number of hydrogen-bond donors (Lipinski definition) is 2. The van der Waals surface area contributed by atoms with Crippen LogP contribution in [0.25, 0.3) is 28.0 Å². The minimum atomic E-state index is -2.27. The van der Waals surface area contributed by atoms with Gasteiger partial charge >= 0.3 is 0 Å². The number of benzene rings is 1. The third kappa shape index (κ3) is 8.88. The number of aliphatic hydroxyl groups is 1. The Labute approximate surface area is 305 Å². The Balaban J connectivity index is 1.86. The van der Waals surface area contributed by atoms with E-state index in [9.17, 15) is 9.66 Å². The lowest BCUT2D eigenvalue weighted by atomic mass is 10.0. The van der Waals surface area contributed by atoms with Crippen LogP contribution < -0.4 is 9.15 Å². The van der Waals surface area contributed by atoms with Crippen molar-refractivity contribution in [1.29, 1.82) is 0 Å². The van der Waals surface area contributed by atoms with Crippen LogP contribution in [0.3, 0.4) is 0 Å². The van der Waals surface area contributed by atoms with Gasteiger partial charge in [0.1, 0.15) is 10.5 Å². The zero-order valence-corrected chi connectivity index (χ0v) is 35.5. The minimum absolute atomic E-state index is 0.0332. The molecule has 0 aliphatic carbocycles. The first-order chi connectivity index (χ1) is 22.9. The molecule has 0 bridgehead atoms. The predicted octanol–water partition coefficient (Wildman–Crippen LogP) is 9.39. The van der Waals surface area contributed by atoms with Crippen molar-refractivity contribution >= 4 is 38.9 Å². The lowest BCUT2D eigenvalue weighted by Crippen LogP contribution is -2.51. The molecule has 0 saturated carbocycles. The van der Waals surface area contributed by atoms with Gasteiger partial charge in [-0.25, -0.2) is 14.6 Å². The van der Waals surface area contributed by atoms with Crippen LogP contribution in [-0.2, 0) is 28.1 Å². The molecule has 0 saturated heterocycles. The molecule has 0 fully saturated rings. The average Bonchev–Trinajstić information content (AvgIpc) is 3.43. The molecular formula is C38H59N5O4SSi2. The van der Waals surface area contributed by atoms with Gasteiger partial charge in [-0.3, -0.25) is 0 Å². The monoisotopic (exact) mass is 737 g/mol. The number of fused-ring (bicyclic) bond motifs is 1. The van der Waals surface area contributed by atoms with Crippen LogP contribution in [0.4, 0.5) is 0 Å². The molecule has 3 aromatic heterocycles. The van der Waals surface area contributed by atoms with E-state index in [0.29, 0.717) is 36.7 Å². The summed E-state index contributed by atoms with van der Waals surface area (Å²) in [5, 5.41) is 17.6. The van der Waals surface area contributed by atoms with E-state index in [1.165, 1.54) is 0 Å². The highest BCUT2D eigenvalue weighted by molar-refractivity contribution is 7.90. The number of nitrogens with zero attached hydrogens (tertiary/aromatic N) is 4. The van der Waals surface area contributed by atoms with Gasteiger partial charge in [-0.15, -0.1) is 4.72 Å². The molecule has 0 unspecified atom stereocenters. The van der Waals surface area contributed by atoms with Crippen molar-refractivity contribution in [2.45, 2.75) is 135 Å². The van der Waals surface area contributed by atoms with Gasteiger partial charge in [0.25, 0.3) is 8.32 Å². The van der Waals surface area contributed by atoms with Crippen molar-refractivity contribution in [2.24, 2.45) is 0 Å². The van der Waals surface area contributed by atoms with Crippen molar-refractivity contribution in [1.82, 2.24) is 24.5 Å². The van der Waals surface area contributed by atoms with Crippen LogP contribution in [0, 0.1) is 0 Å². The molecule has 0 aliphatic heterocycles. The summed E-state index contributed by atoms with van der Waals surface area (Å²) in [6.07, 6.45) is 2.86. The van der Waals surface area contributed by atoms with Crippen LogP contribution in [-0.4, -0.2) is 50.8 Å². The second-order valence-corrected chi connectivity index (χ2v) is 28.9. The molecule has 2 atom stereocenters. The summed E-state index contributed by atoms with van der Waals surface area (Å²) < 4.78 is 30.9. The number of nitrogens with one attached hydrogen (secondary N) is 1. The van der Waals surface area contributed by atoms with Gasteiger partial charge in [-0.1, -0.05) is 67.0 Å². The van der Waals surface area contributed by atoms with Crippen molar-refractivity contribution in [2.75, 3.05) is 0 Å². The van der Waals surface area contributed by atoms with E-state index < -0.39 is 38.5 Å². The second kappa shape index (κ2) is 14.4. The molecular weight excluding hydrogens is 679 g/mol. The van der Waals surface area contributed by atoms with E-state index in [1.807, 2.05) is 81.0 Å². The van der Waals surface area contributed by atoms with Crippen LogP contribution in [0.15, 0.2) is 54.7 Å². The fraction of sp³-hybridized carbons (Fsp3) is 0.553. The van der Waals surface area contributed by atoms with Crippen LogP contribution in [0.1, 0.15) is 93.5 Å². The van der Waals surface area contributed by atoms with Gasteiger partial charge in [0.2, 0.25) is 0 Å². The molecule has 0 amide bonds. The van der Waals surface area contributed by atoms with Crippen LogP contribution in [0.2, 0.25) is 36.3 Å². The van der Waals surface area contributed by atoms with E-state index in [2.05, 4.69) is 72.5 Å². The van der Waals surface area contributed by atoms with Crippen molar-refractivity contribution in [3.8, 4) is 22.8 Å². The summed E-state index contributed by atoms with van der Waals surface area (Å²) in [5.41, 5.74) is 1.96. The molecule has 274 valence electrons. The van der Waals surface area contributed by atoms with E-state index in [1.54, 1.807) is 6.07 Å². The van der Waals surface area contributed by atoms with E-state index in [4.69, 9.17) is 23.9 Å². The number of hydrogen-bond acceptors (Lipinski definition) is 8. The van der Waals surface area contributed by atoms with Crippen LogP contribution in [0.5, 0.6) is 5.75 Å². The molecule has 50 heavy (non-hydrogen) atoms. The fourth-order valence-corrected chi connectivity index (χ4v) is 7.59. The molecule has 4 aromatic rings. The van der Waals surface area contributed by atoms with E-state index in [-0.39, 0.29) is 10.1 Å². The molecule has 0 spiro atoms. The third-order valence-electron chi connectivity index (χ3n) is 10.1. The Morgan fingerprint density at radius 2 is 1.52 bits per heavy atom. The Hall–Kier alpha value is -2.59. The van der Waals surface area contributed by atoms with Gasteiger partial charge < -0.3 is 18.5 Å². The largest absolute Gasteiger partial charge is 0.598 e. The summed E-state index contributed by atoms with van der Waals surface area (Å²) >= 11 is -1.52. The van der Waals surface area contributed by atoms with Gasteiger partial charge in [0.15, 0.2) is 19.9 Å². The lowest BCUT2D eigenvalue weighted by molar-refractivity contribution is 0.0101. The molecule has 0 aliphatic rings. The van der Waals surface area contributed by atoms with Crippen molar-refractivity contribution < 1.29 is 18.5 Å². The first-order valence-corrected chi connectivity index (χ1v) is 24.6. The summed E-state index contributed by atoms with van der Waals surface area (Å²) in [7, 11) is -4.24. The SMILES string of the molecule is CCC[C@@](O)(N[S@+]([O-])C(C)(C)C)c1cccc(-c2cc(O[Si](C)(C)C(C)(C)C)c3cnn(-c4cccc(CO[Si](C)(C)C(C)(C)C)n4)c3c2)n1. The molecule has 2 N–H and O–H groups in total. The number of rotatable bonds is 12. The first kappa shape index (κ1) is 40.2. The Morgan fingerprint density at radius 3 is 2.12 bits per heavy atom. The normalized spacial score (nSPS) is 15.3. The fourth-order valence-electron chi connectivity index (χ4n) is 4.80. The Bertz CT molecular complexity index is 1790. The highest BCUT2D eigenvalue weighted by Gasteiger charge is 2.41. The van der Waals surface area contributed by atoms with Gasteiger partial charge in [0.05, 0.1) is 40.8 Å². The summed E-state index contributed by atoms with van der Waals surface area (Å²) in [6.45, 7) is 30.4. The van der Waals surface area contributed by atoms with E-state index in [0.717, 1.165) is 27.9 Å². The standard InChI is InChI=1S/C38H59N5O4SSi2/c1-15-22-38(44,42-48(45)35(2,3)4)33-20-17-19-30(41-33)27-23-31-29(32(24-27)47-50(13,14)37(8,9)10)25-39-43(31)34-21-16-18-28(40-34)26-46-49(11,12)36(5,6)7/h16-21,23-25,42,44H,15,22,26H2,1-14H3/t38-,48+/m0/s1. The zero-order valence-electron chi connectivity index (χ0n) is 32.7. The molecule has 4 rings (SSSR count). The summed E-state index contributed by atoms with van der Waals surface area (Å²) in [4.78, 5) is 9.97. The minimum Gasteiger partial charge on any atom is -0.598 e. The third-order valence-corrected chi connectivity index (χ3v) is 20.6. The second-order valence-electron chi connectivity index (χ2n) is 17.4. The number of aromatic nitrogens is 4. The Kier molecular flexibility index (Phi) is 11.6. The molecule has 0 radical (unpaired) electrons. The van der Waals surface area contributed by atoms with Gasteiger partial charge in [-0.05, 0) is 99.9 Å². The molecule has 1 aromatic carbocycles. The van der Waals surface area contributed by atoms with Crippen molar-refractivity contribution in [3.63, 3.8) is 0 Å². The number of pyridine rings is 2. The highest BCUT2D eigenvalue weighted by atomic mass is 32.2. The lowest BCUT2D eigenvalue weighted by Gasteiger charge is -2.36. The quantitative estimate of drug-likeness (QED) is 0.0839. The molecule has 9 nitrogen and oxygen atoms in total. The van der Waals surface area contributed by atoms with E-state index >= 15 is 0 Å². The van der Waals surface area contributed by atoms with Crippen LogP contribution >= 0.6 is 0 Å². The van der Waals surface area contributed by atoms with Crippen molar-refractivity contribution in [3.05, 3.63) is 66.1 Å². The molecule has 12 heteroatoms. The first-order valence-electron chi connectivity index (χ1n) is 17.6. The maximum atomic E-state index is 13.2. The predicted molar refractivity (Wildman–Crippen MR) is 212 cm³/mol. The highest BCUT2D eigenvalue weighted by Crippen LogP contribution is 2.42. The summed E-state index contributed by atoms with van der Waals surface area (Å²) in [6, 6.07) is 15.6. The topological polar surface area (TPSA) is 117 Å². The average molecular weight is 738 g/mol. The molecule has 3 heterocycles. The summed E-state index contributed by atoms with van der Waals surface area (Å²) in [5.74, 6) is 1.41.